The minimum atomic E-state index is -1.12. The van der Waals surface area contributed by atoms with Crippen molar-refractivity contribution in [2.45, 2.75) is 19.4 Å². The maximum atomic E-state index is 10.9. The van der Waals surface area contributed by atoms with Gasteiger partial charge in [0.2, 0.25) is 0 Å². The number of carboxylic acid groups (broad SMARTS) is 1. The fraction of sp³-hybridized carbons (Fsp3) is 0.333. The van der Waals surface area contributed by atoms with E-state index in [1.807, 2.05) is 13.0 Å². The maximum Gasteiger partial charge on any atom is 0.311 e. The Hall–Kier alpha value is -1.68. The Morgan fingerprint density at radius 1 is 1.25 bits per heavy atom. The summed E-state index contributed by atoms with van der Waals surface area (Å²) in [5.41, 5.74) is 0. The topological polar surface area (TPSA) is 63.6 Å². The van der Waals surface area contributed by atoms with Crippen LogP contribution in [0, 0.1) is 0 Å². The molecule has 0 amide bonds. The third-order valence-corrected chi connectivity index (χ3v) is 1.69. The molecule has 16 heavy (non-hydrogen) atoms. The summed E-state index contributed by atoms with van der Waals surface area (Å²) in [5.74, 6) is -1.54. The predicted octanol–water partition coefficient (Wildman–Crippen LogP) is 1.73. The summed E-state index contributed by atoms with van der Waals surface area (Å²) in [7, 11) is 1.61. The molecule has 0 fully saturated rings. The van der Waals surface area contributed by atoms with E-state index in [9.17, 15) is 9.59 Å². The predicted molar refractivity (Wildman–Crippen MR) is 61.2 cm³/mol. The molecule has 0 spiro atoms. The smallest absolute Gasteiger partial charge is 0.311 e. The molecular weight excluding hydrogens is 208 g/mol. The van der Waals surface area contributed by atoms with Crippen LogP contribution in [0.3, 0.4) is 0 Å². The van der Waals surface area contributed by atoms with Crippen LogP contribution >= 0.6 is 0 Å². The summed E-state index contributed by atoms with van der Waals surface area (Å²) < 4.78 is 4.98. The quantitative estimate of drug-likeness (QED) is 0.406. The van der Waals surface area contributed by atoms with Crippen LogP contribution in [0.2, 0.25) is 0 Å². The highest BCUT2D eigenvalue weighted by atomic mass is 16.5. The third kappa shape index (κ3) is 8.90. The summed E-state index contributed by atoms with van der Waals surface area (Å²) in [6, 6.07) is 0. The molecule has 0 aromatic carbocycles. The highest BCUT2D eigenvalue weighted by molar-refractivity contribution is 6.01. The molecule has 0 rings (SSSR count). The van der Waals surface area contributed by atoms with Crippen molar-refractivity contribution in [2.24, 2.45) is 0 Å². The number of hydrogen-bond acceptors (Lipinski definition) is 3. The second kappa shape index (κ2) is 8.61. The van der Waals surface area contributed by atoms with E-state index in [0.717, 1.165) is 0 Å². The molecule has 4 nitrogen and oxygen atoms in total. The van der Waals surface area contributed by atoms with Crippen LogP contribution in [-0.4, -0.2) is 30.1 Å². The Kier molecular flexibility index (Phi) is 7.71. The number of rotatable bonds is 7. The van der Waals surface area contributed by atoms with Crippen molar-refractivity contribution < 1.29 is 19.4 Å². The van der Waals surface area contributed by atoms with Gasteiger partial charge >= 0.3 is 5.97 Å². The molecule has 0 bridgehead atoms. The van der Waals surface area contributed by atoms with Crippen molar-refractivity contribution in [3.8, 4) is 0 Å². The molecule has 1 unspecified atom stereocenters. The molecule has 1 atom stereocenters. The number of methoxy groups -OCH3 is 1. The van der Waals surface area contributed by atoms with Gasteiger partial charge in [0.05, 0.1) is 6.10 Å². The van der Waals surface area contributed by atoms with Gasteiger partial charge in [-0.25, -0.2) is 0 Å². The normalized spacial score (nSPS) is 13.9. The van der Waals surface area contributed by atoms with Crippen LogP contribution in [0.25, 0.3) is 0 Å². The average molecular weight is 224 g/mol. The molecule has 88 valence electrons. The number of aliphatic carboxylic acids is 1. The van der Waals surface area contributed by atoms with Gasteiger partial charge in [0.15, 0.2) is 5.78 Å². The molecule has 0 saturated heterocycles. The molecule has 0 heterocycles. The van der Waals surface area contributed by atoms with E-state index in [2.05, 4.69) is 0 Å². The van der Waals surface area contributed by atoms with Crippen molar-refractivity contribution in [1.29, 1.82) is 0 Å². The summed E-state index contributed by atoms with van der Waals surface area (Å²) in [4.78, 5) is 21.1. The number of carbonyl (C=O) groups excluding carboxylic acids is 1. The third-order valence-electron chi connectivity index (χ3n) is 1.69. The standard InChI is InChI=1S/C12H16O4/c1-10(16-2)7-5-3-4-6-8-11(13)9-12(14)15/h3-8,10H,9H2,1-2H3,(H,14,15). The SMILES string of the molecule is COC(C)C=CC=CC=CC(=O)CC(=O)O. The Morgan fingerprint density at radius 3 is 2.44 bits per heavy atom. The van der Waals surface area contributed by atoms with E-state index in [1.165, 1.54) is 12.2 Å². The first-order chi connectivity index (χ1) is 7.56. The zero-order valence-electron chi connectivity index (χ0n) is 9.42. The van der Waals surface area contributed by atoms with Crippen molar-refractivity contribution in [2.75, 3.05) is 7.11 Å². The molecule has 0 aromatic rings. The number of ketones is 1. The summed E-state index contributed by atoms with van der Waals surface area (Å²) in [6.45, 7) is 1.90. The zero-order valence-corrected chi connectivity index (χ0v) is 9.42. The fourth-order valence-electron chi connectivity index (χ4n) is 0.798. The molecule has 0 aliphatic rings. The zero-order chi connectivity index (χ0) is 12.4. The number of allylic oxidation sites excluding steroid dienone is 5. The van der Waals surface area contributed by atoms with E-state index < -0.39 is 18.2 Å². The van der Waals surface area contributed by atoms with Crippen LogP contribution in [0.1, 0.15) is 13.3 Å². The highest BCUT2D eigenvalue weighted by Crippen LogP contribution is 1.91. The number of carbonyl (C=O) groups is 2. The summed E-state index contributed by atoms with van der Waals surface area (Å²) in [6.07, 6.45) is 9.34. The first kappa shape index (κ1) is 14.3. The van der Waals surface area contributed by atoms with Crippen LogP contribution in [0.4, 0.5) is 0 Å². The Balaban J connectivity index is 3.91. The van der Waals surface area contributed by atoms with Gasteiger partial charge in [-0.3, -0.25) is 9.59 Å². The van der Waals surface area contributed by atoms with Gasteiger partial charge in [-0.1, -0.05) is 30.4 Å². The van der Waals surface area contributed by atoms with Gasteiger partial charge in [-0.05, 0) is 13.0 Å². The van der Waals surface area contributed by atoms with E-state index in [0.29, 0.717) is 0 Å². The van der Waals surface area contributed by atoms with Gasteiger partial charge in [0.1, 0.15) is 6.42 Å². The van der Waals surface area contributed by atoms with E-state index in [4.69, 9.17) is 9.84 Å². The van der Waals surface area contributed by atoms with Crippen LogP contribution in [-0.2, 0) is 14.3 Å². The molecule has 0 radical (unpaired) electrons. The summed E-state index contributed by atoms with van der Waals surface area (Å²) in [5, 5.41) is 8.32. The first-order valence-electron chi connectivity index (χ1n) is 4.85. The fourth-order valence-corrected chi connectivity index (χ4v) is 0.798. The molecule has 0 aromatic heterocycles. The average Bonchev–Trinajstić information content (AvgIpc) is 2.21. The minimum Gasteiger partial charge on any atom is -0.481 e. The van der Waals surface area contributed by atoms with Crippen LogP contribution < -0.4 is 0 Å². The van der Waals surface area contributed by atoms with E-state index in [-0.39, 0.29) is 6.10 Å². The van der Waals surface area contributed by atoms with Gasteiger partial charge in [-0.2, -0.15) is 0 Å². The lowest BCUT2D eigenvalue weighted by Crippen LogP contribution is -2.02. The van der Waals surface area contributed by atoms with Gasteiger partial charge < -0.3 is 9.84 Å². The Labute approximate surface area is 94.9 Å². The maximum absolute atomic E-state index is 10.9. The van der Waals surface area contributed by atoms with E-state index >= 15 is 0 Å². The highest BCUT2D eigenvalue weighted by Gasteiger charge is 2.01. The largest absolute Gasteiger partial charge is 0.481 e. The van der Waals surface area contributed by atoms with Crippen molar-refractivity contribution in [3.63, 3.8) is 0 Å². The second-order valence-corrected chi connectivity index (χ2v) is 3.11. The molecule has 0 aliphatic carbocycles. The van der Waals surface area contributed by atoms with Gasteiger partial charge in [-0.15, -0.1) is 0 Å². The number of ether oxygens (including phenoxy) is 1. The lowest BCUT2D eigenvalue weighted by molar-refractivity contribution is -0.139. The van der Waals surface area contributed by atoms with Crippen molar-refractivity contribution >= 4 is 11.8 Å². The molecule has 1 N–H and O–H groups in total. The van der Waals surface area contributed by atoms with Crippen LogP contribution in [0.15, 0.2) is 36.5 Å². The monoisotopic (exact) mass is 224 g/mol. The lowest BCUT2D eigenvalue weighted by atomic mass is 10.2. The van der Waals surface area contributed by atoms with Crippen molar-refractivity contribution in [3.05, 3.63) is 36.5 Å². The van der Waals surface area contributed by atoms with Gasteiger partial charge in [0, 0.05) is 7.11 Å². The minimum absolute atomic E-state index is 0.0438. The number of carboxylic acids is 1. The Morgan fingerprint density at radius 2 is 1.88 bits per heavy atom. The first-order valence-corrected chi connectivity index (χ1v) is 4.85. The molecule has 4 heteroatoms. The van der Waals surface area contributed by atoms with Gasteiger partial charge in [0.25, 0.3) is 0 Å². The van der Waals surface area contributed by atoms with E-state index in [1.54, 1.807) is 25.3 Å². The molecule has 0 saturated carbocycles. The number of hydrogen-bond donors (Lipinski definition) is 1. The van der Waals surface area contributed by atoms with Crippen molar-refractivity contribution in [1.82, 2.24) is 0 Å². The summed E-state index contributed by atoms with van der Waals surface area (Å²) >= 11 is 0. The van der Waals surface area contributed by atoms with Crippen LogP contribution in [0.5, 0.6) is 0 Å². The Bertz CT molecular complexity index is 313. The molecule has 0 aliphatic heterocycles. The lowest BCUT2D eigenvalue weighted by Gasteiger charge is -1.99. The molecular formula is C12H16O4. The second-order valence-electron chi connectivity index (χ2n) is 3.11.